The van der Waals surface area contributed by atoms with Gasteiger partial charge in [0.05, 0.1) is 11.3 Å². The first kappa shape index (κ1) is 12.8. The van der Waals surface area contributed by atoms with E-state index in [9.17, 15) is 9.59 Å². The third kappa shape index (κ3) is 2.79. The van der Waals surface area contributed by atoms with Gasteiger partial charge in [0.2, 0.25) is 5.91 Å². The molecule has 0 fully saturated rings. The van der Waals surface area contributed by atoms with Crippen molar-refractivity contribution in [2.75, 3.05) is 5.32 Å². The van der Waals surface area contributed by atoms with Gasteiger partial charge in [-0.3, -0.25) is 14.3 Å². The Kier molecular flexibility index (Phi) is 3.33. The van der Waals surface area contributed by atoms with Crippen LogP contribution in [-0.4, -0.2) is 21.6 Å². The maximum atomic E-state index is 12.0. The molecule has 0 spiro atoms. The molecule has 1 aromatic carbocycles. The molecule has 1 heterocycles. The molecule has 0 saturated carbocycles. The van der Waals surface area contributed by atoms with E-state index in [0.29, 0.717) is 22.5 Å². The molecule has 0 aliphatic carbocycles. The Hall–Kier alpha value is -2.63. The van der Waals surface area contributed by atoms with E-state index in [1.807, 2.05) is 0 Å². The fraction of sp³-hybridized carbons (Fsp3) is 0.154. The number of aryl methyl sites for hydroxylation is 2. The molecule has 3 N–H and O–H groups in total. The number of hydrogen-bond donors (Lipinski definition) is 2. The Labute approximate surface area is 110 Å². The number of hydrogen-bond acceptors (Lipinski definition) is 3. The normalized spacial score (nSPS) is 10.2. The SMILES string of the molecule is Cc1nn(C)cc1C(=O)Nc1ccc(C(N)=O)cc1. The van der Waals surface area contributed by atoms with Crippen LogP contribution in [0.4, 0.5) is 5.69 Å². The van der Waals surface area contributed by atoms with Gasteiger partial charge in [-0.2, -0.15) is 5.10 Å². The van der Waals surface area contributed by atoms with Crippen LogP contribution in [0.5, 0.6) is 0 Å². The minimum Gasteiger partial charge on any atom is -0.366 e. The average molecular weight is 258 g/mol. The van der Waals surface area contributed by atoms with Crippen molar-refractivity contribution in [2.45, 2.75) is 6.92 Å². The van der Waals surface area contributed by atoms with Gasteiger partial charge in [-0.15, -0.1) is 0 Å². The van der Waals surface area contributed by atoms with E-state index in [2.05, 4.69) is 10.4 Å². The van der Waals surface area contributed by atoms with Crippen molar-refractivity contribution in [1.82, 2.24) is 9.78 Å². The van der Waals surface area contributed by atoms with Crippen molar-refractivity contribution < 1.29 is 9.59 Å². The smallest absolute Gasteiger partial charge is 0.259 e. The number of carbonyl (C=O) groups is 2. The molecule has 6 nitrogen and oxygen atoms in total. The molecule has 19 heavy (non-hydrogen) atoms. The molecule has 6 heteroatoms. The van der Waals surface area contributed by atoms with E-state index < -0.39 is 5.91 Å². The highest BCUT2D eigenvalue weighted by molar-refractivity contribution is 6.05. The van der Waals surface area contributed by atoms with Crippen LogP contribution in [0.15, 0.2) is 30.5 Å². The summed E-state index contributed by atoms with van der Waals surface area (Å²) in [5, 5.41) is 6.84. The summed E-state index contributed by atoms with van der Waals surface area (Å²) in [4.78, 5) is 22.9. The van der Waals surface area contributed by atoms with Crippen LogP contribution in [0, 0.1) is 6.92 Å². The molecule has 0 bridgehead atoms. The summed E-state index contributed by atoms with van der Waals surface area (Å²) in [7, 11) is 1.76. The predicted molar refractivity (Wildman–Crippen MR) is 70.9 cm³/mol. The number of aromatic nitrogens is 2. The molecule has 0 unspecified atom stereocenters. The van der Waals surface area contributed by atoms with E-state index in [1.54, 1.807) is 49.1 Å². The highest BCUT2D eigenvalue weighted by atomic mass is 16.2. The lowest BCUT2D eigenvalue weighted by molar-refractivity contribution is 0.0998. The van der Waals surface area contributed by atoms with Gasteiger partial charge in [0.15, 0.2) is 0 Å². The van der Waals surface area contributed by atoms with E-state index in [0.717, 1.165) is 0 Å². The summed E-state index contributed by atoms with van der Waals surface area (Å²) >= 11 is 0. The Bertz CT molecular complexity index is 629. The molecule has 0 atom stereocenters. The van der Waals surface area contributed by atoms with Gasteiger partial charge >= 0.3 is 0 Å². The number of nitrogens with zero attached hydrogens (tertiary/aromatic N) is 2. The number of carbonyl (C=O) groups excluding carboxylic acids is 2. The fourth-order valence-corrected chi connectivity index (χ4v) is 1.74. The fourth-order valence-electron chi connectivity index (χ4n) is 1.74. The van der Waals surface area contributed by atoms with Crippen molar-refractivity contribution in [3.8, 4) is 0 Å². The molecule has 0 aliphatic rings. The first-order chi connectivity index (χ1) is 8.97. The summed E-state index contributed by atoms with van der Waals surface area (Å²) in [6.45, 7) is 1.77. The van der Waals surface area contributed by atoms with Crippen LogP contribution in [0.25, 0.3) is 0 Å². The van der Waals surface area contributed by atoms with Crippen molar-refractivity contribution in [3.63, 3.8) is 0 Å². The molecule has 2 aromatic rings. The molecular formula is C13H14N4O2. The van der Waals surface area contributed by atoms with E-state index in [4.69, 9.17) is 5.73 Å². The van der Waals surface area contributed by atoms with E-state index in [-0.39, 0.29) is 5.91 Å². The topological polar surface area (TPSA) is 90.0 Å². The summed E-state index contributed by atoms with van der Waals surface area (Å²) in [5.41, 5.74) is 7.31. The van der Waals surface area contributed by atoms with Gasteiger partial charge in [-0.1, -0.05) is 0 Å². The van der Waals surface area contributed by atoms with E-state index in [1.165, 1.54) is 0 Å². The zero-order valence-electron chi connectivity index (χ0n) is 10.7. The Morgan fingerprint density at radius 2 is 1.89 bits per heavy atom. The monoisotopic (exact) mass is 258 g/mol. The Morgan fingerprint density at radius 3 is 2.37 bits per heavy atom. The number of anilines is 1. The average Bonchev–Trinajstić information content (AvgIpc) is 2.69. The van der Waals surface area contributed by atoms with Gasteiger partial charge in [0.1, 0.15) is 0 Å². The molecule has 2 rings (SSSR count). The standard InChI is InChI=1S/C13H14N4O2/c1-8-11(7-17(2)16-8)13(19)15-10-5-3-9(4-6-10)12(14)18/h3-7H,1-2H3,(H2,14,18)(H,15,19). The predicted octanol–water partition coefficient (Wildman–Crippen LogP) is 1.08. The van der Waals surface area contributed by atoms with Crippen LogP contribution >= 0.6 is 0 Å². The molecule has 0 saturated heterocycles. The number of rotatable bonds is 3. The summed E-state index contributed by atoms with van der Waals surface area (Å²) in [6.07, 6.45) is 1.66. The third-order valence-electron chi connectivity index (χ3n) is 2.69. The second-order valence-corrected chi connectivity index (χ2v) is 4.20. The van der Waals surface area contributed by atoms with Crippen molar-refractivity contribution >= 4 is 17.5 Å². The molecule has 0 aliphatic heterocycles. The van der Waals surface area contributed by atoms with Crippen molar-refractivity contribution in [3.05, 3.63) is 47.3 Å². The Morgan fingerprint density at radius 1 is 1.26 bits per heavy atom. The van der Waals surface area contributed by atoms with Crippen LogP contribution in [0.3, 0.4) is 0 Å². The van der Waals surface area contributed by atoms with Gasteiger partial charge in [-0.25, -0.2) is 0 Å². The summed E-state index contributed by atoms with van der Waals surface area (Å²) < 4.78 is 1.58. The minimum absolute atomic E-state index is 0.238. The van der Waals surface area contributed by atoms with Gasteiger partial charge in [0, 0.05) is 24.5 Å². The number of amides is 2. The van der Waals surface area contributed by atoms with Gasteiger partial charge in [0.25, 0.3) is 5.91 Å². The maximum absolute atomic E-state index is 12.0. The summed E-state index contributed by atoms with van der Waals surface area (Å²) in [5.74, 6) is -0.738. The number of nitrogens with two attached hydrogens (primary N) is 1. The molecular weight excluding hydrogens is 244 g/mol. The molecule has 0 radical (unpaired) electrons. The lowest BCUT2D eigenvalue weighted by Crippen LogP contribution is -2.13. The molecule has 2 amide bonds. The first-order valence-electron chi connectivity index (χ1n) is 5.69. The number of nitrogens with one attached hydrogen (secondary N) is 1. The number of benzene rings is 1. The zero-order chi connectivity index (χ0) is 14.0. The van der Waals surface area contributed by atoms with Crippen LogP contribution in [-0.2, 0) is 7.05 Å². The molecule has 98 valence electrons. The van der Waals surface area contributed by atoms with Crippen LogP contribution < -0.4 is 11.1 Å². The largest absolute Gasteiger partial charge is 0.366 e. The lowest BCUT2D eigenvalue weighted by Gasteiger charge is -2.04. The zero-order valence-corrected chi connectivity index (χ0v) is 10.7. The van der Waals surface area contributed by atoms with Crippen molar-refractivity contribution in [2.24, 2.45) is 12.8 Å². The third-order valence-corrected chi connectivity index (χ3v) is 2.69. The molecule has 1 aromatic heterocycles. The Balaban J connectivity index is 2.15. The van der Waals surface area contributed by atoms with Crippen molar-refractivity contribution in [1.29, 1.82) is 0 Å². The lowest BCUT2D eigenvalue weighted by atomic mass is 10.2. The second-order valence-electron chi connectivity index (χ2n) is 4.20. The quantitative estimate of drug-likeness (QED) is 0.863. The van der Waals surface area contributed by atoms with E-state index >= 15 is 0 Å². The highest BCUT2D eigenvalue weighted by Gasteiger charge is 2.12. The minimum atomic E-state index is -0.499. The van der Waals surface area contributed by atoms with Crippen LogP contribution in [0.1, 0.15) is 26.4 Å². The van der Waals surface area contributed by atoms with Crippen LogP contribution in [0.2, 0.25) is 0 Å². The highest BCUT2D eigenvalue weighted by Crippen LogP contribution is 2.12. The van der Waals surface area contributed by atoms with Gasteiger partial charge < -0.3 is 11.1 Å². The number of primary amides is 1. The van der Waals surface area contributed by atoms with Gasteiger partial charge in [-0.05, 0) is 31.2 Å². The maximum Gasteiger partial charge on any atom is 0.259 e. The first-order valence-corrected chi connectivity index (χ1v) is 5.69. The second kappa shape index (κ2) is 4.93. The summed E-state index contributed by atoms with van der Waals surface area (Å²) in [6, 6.07) is 6.38.